The molecule has 0 unspecified atom stereocenters. The van der Waals surface area contributed by atoms with Crippen LogP contribution in [0.3, 0.4) is 0 Å². The predicted molar refractivity (Wildman–Crippen MR) is 80.1 cm³/mol. The van der Waals surface area contributed by atoms with E-state index in [1.54, 1.807) is 36.7 Å². The van der Waals surface area contributed by atoms with Gasteiger partial charge in [-0.15, -0.1) is 11.3 Å². The van der Waals surface area contributed by atoms with E-state index in [1.807, 2.05) is 6.07 Å². The van der Waals surface area contributed by atoms with E-state index in [0.29, 0.717) is 28.7 Å². The minimum atomic E-state index is -0.368. The molecule has 0 bridgehead atoms. The number of hydrogen-bond donors (Lipinski definition) is 2. The van der Waals surface area contributed by atoms with Gasteiger partial charge < -0.3 is 10.5 Å². The number of carbonyl (C=O) groups is 1. The average molecular weight is 290 g/mol. The van der Waals surface area contributed by atoms with Gasteiger partial charge in [-0.3, -0.25) is 5.43 Å². The van der Waals surface area contributed by atoms with Crippen LogP contribution in [0.1, 0.15) is 22.8 Å². The van der Waals surface area contributed by atoms with Gasteiger partial charge in [0.05, 0.1) is 18.4 Å². The second-order valence-electron chi connectivity index (χ2n) is 3.76. The number of thiazole rings is 1. The number of rotatable bonds is 5. The van der Waals surface area contributed by atoms with Gasteiger partial charge in [-0.2, -0.15) is 5.10 Å². The Kier molecular flexibility index (Phi) is 4.67. The molecular weight excluding hydrogens is 276 g/mol. The van der Waals surface area contributed by atoms with Crippen molar-refractivity contribution in [1.29, 1.82) is 0 Å². The summed E-state index contributed by atoms with van der Waals surface area (Å²) in [5.74, 6) is 0.0765. The molecule has 2 rings (SSSR count). The van der Waals surface area contributed by atoms with Crippen LogP contribution in [0.2, 0.25) is 0 Å². The molecule has 0 atom stereocenters. The highest BCUT2D eigenvalue weighted by molar-refractivity contribution is 7.14. The maximum atomic E-state index is 11.8. The largest absolute Gasteiger partial charge is 0.462 e. The van der Waals surface area contributed by atoms with E-state index in [1.165, 1.54) is 11.3 Å². The smallest absolute Gasteiger partial charge is 0.338 e. The third-order valence-electron chi connectivity index (χ3n) is 2.34. The van der Waals surface area contributed by atoms with Crippen LogP contribution in [0.4, 0.5) is 10.9 Å². The van der Waals surface area contributed by atoms with E-state index in [9.17, 15) is 4.79 Å². The molecule has 1 aromatic heterocycles. The zero-order valence-electron chi connectivity index (χ0n) is 10.9. The number of anilines is 2. The topological polar surface area (TPSA) is 89.6 Å². The number of nitrogens with two attached hydrogens (primary N) is 1. The molecule has 1 aromatic carbocycles. The van der Waals surface area contributed by atoms with Crippen LogP contribution in [0.15, 0.2) is 34.7 Å². The molecule has 0 saturated heterocycles. The maximum Gasteiger partial charge on any atom is 0.338 e. The van der Waals surface area contributed by atoms with Gasteiger partial charge in [-0.05, 0) is 13.0 Å². The molecule has 20 heavy (non-hydrogen) atoms. The summed E-state index contributed by atoms with van der Waals surface area (Å²) in [6, 6.07) is 7.08. The van der Waals surface area contributed by atoms with Crippen LogP contribution in [0, 0.1) is 0 Å². The molecule has 104 valence electrons. The van der Waals surface area contributed by atoms with Crippen molar-refractivity contribution in [2.75, 3.05) is 17.8 Å². The molecule has 0 amide bonds. The number of nitrogens with one attached hydrogen (secondary N) is 1. The quantitative estimate of drug-likeness (QED) is 0.501. The Morgan fingerprint density at radius 3 is 3.05 bits per heavy atom. The van der Waals surface area contributed by atoms with Crippen molar-refractivity contribution >= 4 is 34.5 Å². The standard InChI is InChI=1S/C13H14N4O2S/c1-2-19-12(18)10-6-4-3-5-9(10)7-15-17-13-16-11(14)8-20-13/h3-8H,2,14H2,1H3,(H,16,17). The SMILES string of the molecule is CCOC(=O)c1ccccc1C=NNc1nc(N)cs1. The van der Waals surface area contributed by atoms with Crippen molar-refractivity contribution in [1.82, 2.24) is 4.98 Å². The minimum absolute atomic E-state index is 0.334. The van der Waals surface area contributed by atoms with Crippen molar-refractivity contribution in [2.45, 2.75) is 6.92 Å². The summed E-state index contributed by atoms with van der Waals surface area (Å²) in [5.41, 5.74) is 9.40. The Balaban J connectivity index is 2.10. The number of nitrogen functional groups attached to an aromatic ring is 1. The van der Waals surface area contributed by atoms with E-state index < -0.39 is 0 Å². The second-order valence-corrected chi connectivity index (χ2v) is 4.61. The number of esters is 1. The Morgan fingerprint density at radius 2 is 2.35 bits per heavy atom. The summed E-state index contributed by atoms with van der Waals surface area (Å²) < 4.78 is 4.99. The van der Waals surface area contributed by atoms with Gasteiger partial charge in [0.25, 0.3) is 0 Å². The monoisotopic (exact) mass is 290 g/mol. The van der Waals surface area contributed by atoms with Gasteiger partial charge in [0.15, 0.2) is 0 Å². The van der Waals surface area contributed by atoms with Gasteiger partial charge >= 0.3 is 5.97 Å². The van der Waals surface area contributed by atoms with Crippen LogP contribution >= 0.6 is 11.3 Å². The van der Waals surface area contributed by atoms with Gasteiger partial charge in [0.2, 0.25) is 5.13 Å². The van der Waals surface area contributed by atoms with Gasteiger partial charge in [-0.25, -0.2) is 9.78 Å². The maximum absolute atomic E-state index is 11.8. The van der Waals surface area contributed by atoms with Crippen molar-refractivity contribution in [3.05, 3.63) is 40.8 Å². The van der Waals surface area contributed by atoms with E-state index in [2.05, 4.69) is 15.5 Å². The number of aromatic nitrogens is 1. The molecule has 6 nitrogen and oxygen atoms in total. The Hall–Kier alpha value is -2.41. The molecule has 3 N–H and O–H groups in total. The predicted octanol–water partition coefficient (Wildman–Crippen LogP) is 2.35. The zero-order chi connectivity index (χ0) is 14.4. The number of benzene rings is 1. The first-order chi connectivity index (χ1) is 9.70. The number of nitrogens with zero attached hydrogens (tertiary/aromatic N) is 2. The molecule has 0 fully saturated rings. The third kappa shape index (κ3) is 3.55. The normalized spacial score (nSPS) is 10.7. The zero-order valence-corrected chi connectivity index (χ0v) is 11.7. The van der Waals surface area contributed by atoms with Crippen molar-refractivity contribution in [3.8, 4) is 0 Å². The first-order valence-corrected chi connectivity index (χ1v) is 6.85. The highest BCUT2D eigenvalue weighted by atomic mass is 32.1. The molecular formula is C13H14N4O2S. The number of hydrazone groups is 1. The summed E-state index contributed by atoms with van der Waals surface area (Å²) in [5, 5.41) is 6.34. The van der Waals surface area contributed by atoms with E-state index in [0.717, 1.165) is 0 Å². The fraction of sp³-hybridized carbons (Fsp3) is 0.154. The van der Waals surface area contributed by atoms with Gasteiger partial charge in [0.1, 0.15) is 5.82 Å². The third-order valence-corrected chi connectivity index (χ3v) is 3.11. The van der Waals surface area contributed by atoms with Crippen molar-refractivity contribution < 1.29 is 9.53 Å². The van der Waals surface area contributed by atoms with Crippen LogP contribution in [-0.2, 0) is 4.74 Å². The average Bonchev–Trinajstić information content (AvgIpc) is 2.85. The molecule has 1 heterocycles. The number of ether oxygens (including phenoxy) is 1. The first kappa shape index (κ1) is 14.0. The lowest BCUT2D eigenvalue weighted by atomic mass is 10.1. The van der Waals surface area contributed by atoms with Gasteiger partial charge in [0, 0.05) is 10.9 Å². The lowest BCUT2D eigenvalue weighted by Gasteiger charge is -2.04. The highest BCUT2D eigenvalue weighted by Crippen LogP contribution is 2.16. The summed E-state index contributed by atoms with van der Waals surface area (Å²) in [7, 11) is 0. The molecule has 7 heteroatoms. The molecule has 2 aromatic rings. The molecule has 0 spiro atoms. The Morgan fingerprint density at radius 1 is 1.55 bits per heavy atom. The lowest BCUT2D eigenvalue weighted by Crippen LogP contribution is -2.08. The number of carbonyl (C=O) groups excluding carboxylic acids is 1. The van der Waals surface area contributed by atoms with Crippen molar-refractivity contribution in [3.63, 3.8) is 0 Å². The van der Waals surface area contributed by atoms with E-state index in [4.69, 9.17) is 10.5 Å². The Labute approximate surface area is 120 Å². The minimum Gasteiger partial charge on any atom is -0.462 e. The summed E-state index contributed by atoms with van der Waals surface area (Å²) in [6.07, 6.45) is 1.55. The second kappa shape index (κ2) is 6.67. The molecule has 0 aliphatic heterocycles. The molecule has 0 aliphatic carbocycles. The fourth-order valence-corrected chi connectivity index (χ4v) is 2.05. The fourth-order valence-electron chi connectivity index (χ4n) is 1.50. The van der Waals surface area contributed by atoms with E-state index >= 15 is 0 Å². The van der Waals surface area contributed by atoms with Crippen LogP contribution in [0.25, 0.3) is 0 Å². The summed E-state index contributed by atoms with van der Waals surface area (Å²) >= 11 is 1.35. The molecule has 0 aliphatic rings. The van der Waals surface area contributed by atoms with Crippen LogP contribution < -0.4 is 11.2 Å². The highest BCUT2D eigenvalue weighted by Gasteiger charge is 2.09. The molecule has 0 saturated carbocycles. The van der Waals surface area contributed by atoms with Gasteiger partial charge in [-0.1, -0.05) is 18.2 Å². The van der Waals surface area contributed by atoms with Crippen molar-refractivity contribution in [2.24, 2.45) is 5.10 Å². The summed E-state index contributed by atoms with van der Waals surface area (Å²) in [6.45, 7) is 2.10. The summed E-state index contributed by atoms with van der Waals surface area (Å²) in [4.78, 5) is 15.8. The lowest BCUT2D eigenvalue weighted by molar-refractivity contribution is 0.0526. The van der Waals surface area contributed by atoms with Crippen LogP contribution in [-0.4, -0.2) is 23.8 Å². The molecule has 0 radical (unpaired) electrons. The Bertz CT molecular complexity index is 624. The first-order valence-electron chi connectivity index (χ1n) is 5.97. The van der Waals surface area contributed by atoms with Crippen LogP contribution in [0.5, 0.6) is 0 Å². The van der Waals surface area contributed by atoms with E-state index in [-0.39, 0.29) is 5.97 Å². The number of hydrogen-bond acceptors (Lipinski definition) is 7.